The van der Waals surface area contributed by atoms with Gasteiger partial charge in [-0.15, -0.1) is 0 Å². The number of hydrogen-bond donors (Lipinski definition) is 1. The second-order valence-corrected chi connectivity index (χ2v) is 4.49. The fourth-order valence-electron chi connectivity index (χ4n) is 1.87. The number of hydrogen-bond acceptors (Lipinski definition) is 2. The summed E-state index contributed by atoms with van der Waals surface area (Å²) in [7, 11) is 1.70. The van der Waals surface area contributed by atoms with E-state index in [0.29, 0.717) is 6.04 Å². The van der Waals surface area contributed by atoms with Gasteiger partial charge in [0, 0.05) is 10.5 Å². The number of halogens is 1. The molecule has 0 saturated carbocycles. The summed E-state index contributed by atoms with van der Waals surface area (Å²) in [6.45, 7) is 1.12. The van der Waals surface area contributed by atoms with Crippen LogP contribution in [0.4, 0.5) is 0 Å². The van der Waals surface area contributed by atoms with E-state index in [0.717, 1.165) is 16.8 Å². The van der Waals surface area contributed by atoms with Gasteiger partial charge in [-0.25, -0.2) is 0 Å². The predicted molar refractivity (Wildman–Crippen MR) is 60.7 cm³/mol. The SMILES string of the molecule is COc1cc(Br)cc([C@@H]2CCCN2)c1. The molecule has 0 bridgehead atoms. The minimum Gasteiger partial charge on any atom is -0.497 e. The average molecular weight is 256 g/mol. The van der Waals surface area contributed by atoms with Crippen LogP contribution in [0.25, 0.3) is 0 Å². The van der Waals surface area contributed by atoms with Gasteiger partial charge in [-0.05, 0) is 43.1 Å². The topological polar surface area (TPSA) is 21.3 Å². The first-order valence-electron chi connectivity index (χ1n) is 4.87. The summed E-state index contributed by atoms with van der Waals surface area (Å²) >= 11 is 3.49. The zero-order valence-electron chi connectivity index (χ0n) is 8.22. The highest BCUT2D eigenvalue weighted by Gasteiger charge is 2.16. The first-order valence-corrected chi connectivity index (χ1v) is 5.67. The van der Waals surface area contributed by atoms with E-state index in [2.05, 4.69) is 33.4 Å². The average Bonchev–Trinajstić information content (AvgIpc) is 2.69. The first kappa shape index (κ1) is 9.99. The van der Waals surface area contributed by atoms with Crippen molar-refractivity contribution in [2.24, 2.45) is 0 Å². The molecule has 14 heavy (non-hydrogen) atoms. The summed E-state index contributed by atoms with van der Waals surface area (Å²) in [5.41, 5.74) is 1.31. The van der Waals surface area contributed by atoms with Crippen LogP contribution in [0.15, 0.2) is 22.7 Å². The predicted octanol–water partition coefficient (Wildman–Crippen LogP) is 2.88. The zero-order valence-corrected chi connectivity index (χ0v) is 9.80. The maximum Gasteiger partial charge on any atom is 0.120 e. The van der Waals surface area contributed by atoms with Crippen LogP contribution in [0.5, 0.6) is 5.75 Å². The molecule has 1 saturated heterocycles. The van der Waals surface area contributed by atoms with Crippen LogP contribution in [0.1, 0.15) is 24.4 Å². The Kier molecular flexibility index (Phi) is 3.08. The van der Waals surface area contributed by atoms with Gasteiger partial charge < -0.3 is 10.1 Å². The van der Waals surface area contributed by atoms with Crippen molar-refractivity contribution in [3.63, 3.8) is 0 Å². The van der Waals surface area contributed by atoms with Gasteiger partial charge in [0.25, 0.3) is 0 Å². The molecular weight excluding hydrogens is 242 g/mol. The Balaban J connectivity index is 2.27. The van der Waals surface area contributed by atoms with Gasteiger partial charge >= 0.3 is 0 Å². The van der Waals surface area contributed by atoms with Crippen LogP contribution in [0, 0.1) is 0 Å². The quantitative estimate of drug-likeness (QED) is 0.878. The Hall–Kier alpha value is -0.540. The molecule has 1 heterocycles. The third-order valence-electron chi connectivity index (χ3n) is 2.59. The van der Waals surface area contributed by atoms with Crippen molar-refractivity contribution in [1.82, 2.24) is 5.32 Å². The Morgan fingerprint density at radius 2 is 2.29 bits per heavy atom. The lowest BCUT2D eigenvalue weighted by Crippen LogP contribution is -2.12. The highest BCUT2D eigenvalue weighted by Crippen LogP contribution is 2.29. The van der Waals surface area contributed by atoms with Crippen molar-refractivity contribution in [2.75, 3.05) is 13.7 Å². The Labute approximate surface area is 92.8 Å². The molecule has 0 aromatic heterocycles. The zero-order chi connectivity index (χ0) is 9.97. The molecule has 3 heteroatoms. The van der Waals surface area contributed by atoms with Crippen LogP contribution in [0.3, 0.4) is 0 Å². The second-order valence-electron chi connectivity index (χ2n) is 3.57. The number of methoxy groups -OCH3 is 1. The molecule has 1 N–H and O–H groups in total. The van der Waals surface area contributed by atoms with Crippen LogP contribution in [0.2, 0.25) is 0 Å². The van der Waals surface area contributed by atoms with E-state index >= 15 is 0 Å². The van der Waals surface area contributed by atoms with E-state index in [-0.39, 0.29) is 0 Å². The summed E-state index contributed by atoms with van der Waals surface area (Å²) < 4.78 is 6.32. The van der Waals surface area contributed by atoms with E-state index < -0.39 is 0 Å². The van der Waals surface area contributed by atoms with E-state index in [4.69, 9.17) is 4.74 Å². The molecule has 2 rings (SSSR count). The molecular formula is C11H14BrNO. The minimum atomic E-state index is 0.501. The largest absolute Gasteiger partial charge is 0.497 e. The van der Waals surface area contributed by atoms with Crippen LogP contribution in [-0.2, 0) is 0 Å². The lowest BCUT2D eigenvalue weighted by atomic mass is 10.1. The lowest BCUT2D eigenvalue weighted by molar-refractivity contribution is 0.413. The van der Waals surface area contributed by atoms with Crippen molar-refractivity contribution >= 4 is 15.9 Å². The van der Waals surface area contributed by atoms with E-state index in [1.165, 1.54) is 18.4 Å². The van der Waals surface area contributed by atoms with E-state index in [9.17, 15) is 0 Å². The number of benzene rings is 1. The van der Waals surface area contributed by atoms with Gasteiger partial charge in [0.1, 0.15) is 5.75 Å². The van der Waals surface area contributed by atoms with Gasteiger partial charge in [-0.1, -0.05) is 15.9 Å². The fraction of sp³-hybridized carbons (Fsp3) is 0.455. The third-order valence-corrected chi connectivity index (χ3v) is 3.05. The molecule has 1 aromatic rings. The van der Waals surface area contributed by atoms with Crippen molar-refractivity contribution in [2.45, 2.75) is 18.9 Å². The van der Waals surface area contributed by atoms with Gasteiger partial charge in [0.05, 0.1) is 7.11 Å². The first-order chi connectivity index (χ1) is 6.79. The van der Waals surface area contributed by atoms with Crippen molar-refractivity contribution in [1.29, 1.82) is 0 Å². The normalized spacial score (nSPS) is 21.1. The van der Waals surface area contributed by atoms with E-state index in [1.54, 1.807) is 7.11 Å². The molecule has 0 amide bonds. The summed E-state index contributed by atoms with van der Waals surface area (Å²) in [6.07, 6.45) is 2.49. The number of nitrogens with one attached hydrogen (secondary N) is 1. The summed E-state index contributed by atoms with van der Waals surface area (Å²) in [4.78, 5) is 0. The molecule has 1 aliphatic rings. The molecule has 76 valence electrons. The molecule has 0 aliphatic carbocycles. The maximum atomic E-state index is 5.24. The molecule has 2 nitrogen and oxygen atoms in total. The summed E-state index contributed by atoms with van der Waals surface area (Å²) in [5.74, 6) is 0.920. The van der Waals surface area contributed by atoms with Crippen molar-refractivity contribution in [3.8, 4) is 5.75 Å². The Bertz CT molecular complexity index is 321. The summed E-state index contributed by atoms with van der Waals surface area (Å²) in [6, 6.07) is 6.75. The monoisotopic (exact) mass is 255 g/mol. The standard InChI is InChI=1S/C11H14BrNO/c1-14-10-6-8(5-9(12)7-10)11-3-2-4-13-11/h5-7,11,13H,2-4H2,1H3/t11-/m0/s1. The molecule has 1 aliphatic heterocycles. The maximum absolute atomic E-state index is 5.24. The van der Waals surface area contributed by atoms with Crippen molar-refractivity contribution < 1.29 is 4.74 Å². The molecule has 1 aromatic carbocycles. The van der Waals surface area contributed by atoms with Crippen molar-refractivity contribution in [3.05, 3.63) is 28.2 Å². The van der Waals surface area contributed by atoms with Gasteiger partial charge in [0.2, 0.25) is 0 Å². The highest BCUT2D eigenvalue weighted by molar-refractivity contribution is 9.10. The molecule has 1 atom stereocenters. The molecule has 1 fully saturated rings. The molecule has 0 spiro atoms. The van der Waals surface area contributed by atoms with Crippen LogP contribution in [-0.4, -0.2) is 13.7 Å². The lowest BCUT2D eigenvalue weighted by Gasteiger charge is -2.12. The second kappa shape index (κ2) is 4.32. The van der Waals surface area contributed by atoms with Crippen LogP contribution >= 0.6 is 15.9 Å². The summed E-state index contributed by atoms with van der Waals surface area (Å²) in [5, 5.41) is 3.48. The molecule has 0 unspecified atom stereocenters. The van der Waals surface area contributed by atoms with Crippen LogP contribution < -0.4 is 10.1 Å². The van der Waals surface area contributed by atoms with Gasteiger partial charge in [-0.2, -0.15) is 0 Å². The highest BCUT2D eigenvalue weighted by atomic mass is 79.9. The minimum absolute atomic E-state index is 0.501. The number of rotatable bonds is 2. The Morgan fingerprint density at radius 1 is 1.43 bits per heavy atom. The van der Waals surface area contributed by atoms with Gasteiger partial charge in [-0.3, -0.25) is 0 Å². The fourth-order valence-corrected chi connectivity index (χ4v) is 2.36. The molecule has 0 radical (unpaired) electrons. The Morgan fingerprint density at radius 3 is 2.93 bits per heavy atom. The van der Waals surface area contributed by atoms with Gasteiger partial charge in [0.15, 0.2) is 0 Å². The third kappa shape index (κ3) is 2.10. The number of ether oxygens (including phenoxy) is 1. The smallest absolute Gasteiger partial charge is 0.120 e. The van der Waals surface area contributed by atoms with E-state index in [1.807, 2.05) is 6.07 Å².